The Balaban J connectivity index is 0.00000169. The molecule has 2 radical (unpaired) electrons. The van der Waals surface area contributed by atoms with Crippen molar-refractivity contribution in [2.75, 3.05) is 11.6 Å². The zero-order valence-electron chi connectivity index (χ0n) is 14.0. The summed E-state index contributed by atoms with van der Waals surface area (Å²) >= 11 is 3.06. The maximum atomic E-state index is 12.7. The number of thiazole rings is 1. The van der Waals surface area contributed by atoms with Crippen LogP contribution in [0.5, 0.6) is 0 Å². The molecule has 0 saturated carbocycles. The number of carbonyl (C=O) groups excluding carboxylic acids is 3. The monoisotopic (exact) mass is 509 g/mol. The number of amides is 3. The number of nitrogens with one attached hydrogen (secondary N) is 2. The van der Waals surface area contributed by atoms with E-state index in [1.54, 1.807) is 29.1 Å². The molecule has 2 saturated heterocycles. The Labute approximate surface area is 196 Å². The van der Waals surface area contributed by atoms with Crippen molar-refractivity contribution in [1.82, 2.24) is 20.5 Å². The van der Waals surface area contributed by atoms with Crippen LogP contribution in [0.15, 0.2) is 10.9 Å². The van der Waals surface area contributed by atoms with Gasteiger partial charge in [0.15, 0.2) is 0 Å². The van der Waals surface area contributed by atoms with Crippen LogP contribution in [-0.4, -0.2) is 57.6 Å². The molecular formula is C14H17N4O4S2VY-. The van der Waals surface area contributed by atoms with Crippen molar-refractivity contribution in [3.8, 4) is 0 Å². The number of rotatable bonds is 5. The van der Waals surface area contributed by atoms with Crippen LogP contribution in [0, 0.1) is 6.54 Å². The molecule has 3 amide bonds. The van der Waals surface area contributed by atoms with Gasteiger partial charge in [-0.05, 0) is 6.92 Å². The minimum absolute atomic E-state index is 0. The Hall–Kier alpha value is -0.122. The van der Waals surface area contributed by atoms with Gasteiger partial charge in [-0.2, -0.15) is 11.8 Å². The van der Waals surface area contributed by atoms with Gasteiger partial charge in [-0.25, -0.2) is 16.3 Å². The second-order valence-corrected chi connectivity index (χ2v) is 7.19. The molecule has 1 aromatic heterocycles. The minimum atomic E-state index is -0.805. The molecule has 0 aromatic carbocycles. The first-order valence-electron chi connectivity index (χ1n) is 7.40. The Morgan fingerprint density at radius 1 is 1.58 bits per heavy atom. The maximum Gasteiger partial charge on any atom is 0.408 e. The van der Waals surface area contributed by atoms with Crippen LogP contribution in [0.2, 0.25) is 0 Å². The first-order chi connectivity index (χ1) is 11.5. The normalized spacial score (nSPS) is 22.5. The summed E-state index contributed by atoms with van der Waals surface area (Å²) in [5, 5.41) is 7.03. The predicted octanol–water partition coefficient (Wildman–Crippen LogP) is 0.357. The van der Waals surface area contributed by atoms with Crippen molar-refractivity contribution in [2.45, 2.75) is 31.5 Å². The third-order valence-electron chi connectivity index (χ3n) is 3.76. The average Bonchev–Trinajstić information content (AvgIpc) is 3.27. The van der Waals surface area contributed by atoms with Crippen molar-refractivity contribution in [3.63, 3.8) is 0 Å². The zero-order valence-corrected chi connectivity index (χ0v) is 19.8. The Morgan fingerprint density at radius 2 is 2.35 bits per heavy atom. The van der Waals surface area contributed by atoms with Crippen LogP contribution >= 0.6 is 23.1 Å². The number of alkyl carbamates (subject to hydrolysis) is 1. The SMILES string of the molecule is CC1OC(=O)NC1C(=O)NC(Cc1cscn1)C(=O)N1[CH-]CSC1.[V].[Y]. The predicted molar refractivity (Wildman–Crippen MR) is 89.1 cm³/mol. The summed E-state index contributed by atoms with van der Waals surface area (Å²) in [5.74, 6) is 0.724. The van der Waals surface area contributed by atoms with E-state index in [1.165, 1.54) is 11.3 Å². The Bertz CT molecular complexity index is 630. The van der Waals surface area contributed by atoms with Crippen LogP contribution in [0.1, 0.15) is 12.6 Å². The number of aromatic nitrogens is 1. The number of cyclic esters (lactones) is 1. The van der Waals surface area contributed by atoms with Crippen molar-refractivity contribution in [1.29, 1.82) is 0 Å². The largest absolute Gasteiger partial charge is 0.482 e. The van der Waals surface area contributed by atoms with Gasteiger partial charge in [-0.3, -0.25) is 9.59 Å². The number of carbonyl (C=O) groups is 3. The first kappa shape index (κ1) is 23.9. The standard InChI is InChI=1S/C14H17N4O4S2.V.Y/c1-8-11(17-14(21)22-8)12(19)16-10(4-9-5-24-6-15-9)13(20)18-2-3-23-7-18;;/h2,5-6,8,10-11H,3-4,7H2,1H3,(H,16,19)(H,17,21);;/q-1;;. The van der Waals surface area contributed by atoms with E-state index in [4.69, 9.17) is 4.74 Å². The average molecular weight is 509 g/mol. The number of ether oxygens (including phenoxy) is 1. The summed E-state index contributed by atoms with van der Waals surface area (Å²) in [6, 6.07) is -1.54. The van der Waals surface area contributed by atoms with E-state index in [1.807, 2.05) is 11.9 Å². The molecule has 138 valence electrons. The molecule has 2 fully saturated rings. The minimum Gasteiger partial charge on any atom is -0.482 e. The van der Waals surface area contributed by atoms with Gasteiger partial charge in [0, 0.05) is 68.9 Å². The summed E-state index contributed by atoms with van der Waals surface area (Å²) in [7, 11) is 0. The summed E-state index contributed by atoms with van der Waals surface area (Å²) in [5.41, 5.74) is 2.43. The maximum absolute atomic E-state index is 12.7. The van der Waals surface area contributed by atoms with Crippen molar-refractivity contribution in [3.05, 3.63) is 23.1 Å². The molecule has 3 unspecified atom stereocenters. The van der Waals surface area contributed by atoms with Gasteiger partial charge in [0.1, 0.15) is 18.2 Å². The Kier molecular flexibility index (Phi) is 10.1. The molecule has 12 heteroatoms. The molecule has 2 aliphatic heterocycles. The van der Waals surface area contributed by atoms with Gasteiger partial charge in [0.05, 0.1) is 11.2 Å². The van der Waals surface area contributed by atoms with E-state index in [-0.39, 0.29) is 57.2 Å². The van der Waals surface area contributed by atoms with Gasteiger partial charge < -0.3 is 20.3 Å². The Morgan fingerprint density at radius 3 is 2.88 bits per heavy atom. The molecule has 2 N–H and O–H groups in total. The topological polar surface area (TPSA) is 101 Å². The molecule has 2 aliphatic rings. The van der Waals surface area contributed by atoms with Crippen LogP contribution in [0.25, 0.3) is 0 Å². The van der Waals surface area contributed by atoms with Gasteiger partial charge in [-0.1, -0.05) is 0 Å². The van der Waals surface area contributed by atoms with Crippen LogP contribution in [0.4, 0.5) is 4.79 Å². The molecule has 0 spiro atoms. The van der Waals surface area contributed by atoms with E-state index < -0.39 is 30.2 Å². The number of hydrogen-bond donors (Lipinski definition) is 2. The molecule has 3 atom stereocenters. The molecule has 8 nitrogen and oxygen atoms in total. The van der Waals surface area contributed by atoms with Crippen LogP contribution < -0.4 is 10.6 Å². The summed E-state index contributed by atoms with van der Waals surface area (Å²) in [6.45, 7) is 3.45. The van der Waals surface area contributed by atoms with E-state index in [0.29, 0.717) is 12.3 Å². The number of hydrogen-bond acceptors (Lipinski definition) is 7. The summed E-state index contributed by atoms with van der Waals surface area (Å²) in [6.07, 6.45) is -0.908. The third kappa shape index (κ3) is 5.94. The number of thioether (sulfide) groups is 1. The van der Waals surface area contributed by atoms with Crippen molar-refractivity contribution < 1.29 is 70.4 Å². The molecule has 26 heavy (non-hydrogen) atoms. The van der Waals surface area contributed by atoms with Crippen molar-refractivity contribution in [2.24, 2.45) is 0 Å². The van der Waals surface area contributed by atoms with Crippen LogP contribution in [-0.2, 0) is 72.0 Å². The summed E-state index contributed by atoms with van der Waals surface area (Å²) in [4.78, 5) is 42.2. The molecule has 1 aromatic rings. The van der Waals surface area contributed by atoms with Gasteiger partial charge >= 0.3 is 6.09 Å². The van der Waals surface area contributed by atoms with E-state index in [2.05, 4.69) is 15.6 Å². The molecule has 3 heterocycles. The van der Waals surface area contributed by atoms with E-state index >= 15 is 0 Å². The van der Waals surface area contributed by atoms with Gasteiger partial charge in [0.2, 0.25) is 11.8 Å². The molecule has 3 rings (SSSR count). The summed E-state index contributed by atoms with van der Waals surface area (Å²) < 4.78 is 4.92. The van der Waals surface area contributed by atoms with Crippen LogP contribution in [0.3, 0.4) is 0 Å². The third-order valence-corrected chi connectivity index (χ3v) is 5.24. The zero-order chi connectivity index (χ0) is 17.1. The van der Waals surface area contributed by atoms with Crippen molar-refractivity contribution >= 4 is 41.0 Å². The molecule has 0 bridgehead atoms. The van der Waals surface area contributed by atoms with Gasteiger partial charge in [0.25, 0.3) is 0 Å². The fourth-order valence-electron chi connectivity index (χ4n) is 2.50. The van der Waals surface area contributed by atoms with E-state index in [0.717, 1.165) is 11.4 Å². The van der Waals surface area contributed by atoms with E-state index in [9.17, 15) is 14.4 Å². The fourth-order valence-corrected chi connectivity index (χ4v) is 3.89. The second kappa shape index (κ2) is 11.0. The van der Waals surface area contributed by atoms with Gasteiger partial charge in [-0.15, -0.1) is 17.1 Å². The molecular weight excluding hydrogens is 492 g/mol. The smallest absolute Gasteiger partial charge is 0.408 e. The number of nitrogens with zero attached hydrogens (tertiary/aromatic N) is 2. The molecule has 0 aliphatic carbocycles. The fraction of sp³-hybridized carbons (Fsp3) is 0.500. The second-order valence-electron chi connectivity index (χ2n) is 5.47. The quantitative estimate of drug-likeness (QED) is 0.557. The first-order valence-corrected chi connectivity index (χ1v) is 9.50.